The van der Waals surface area contributed by atoms with Crippen LogP contribution in [0.3, 0.4) is 0 Å². The van der Waals surface area contributed by atoms with Crippen molar-refractivity contribution < 1.29 is 26.8 Å². The first-order chi connectivity index (χ1) is 13.7. The number of anilines is 1. The van der Waals surface area contributed by atoms with Crippen molar-refractivity contribution in [1.82, 2.24) is 9.88 Å². The maximum Gasteiger partial charge on any atom is 0.326 e. The van der Waals surface area contributed by atoms with Gasteiger partial charge < -0.3 is 4.90 Å². The Hall–Kier alpha value is -2.88. The number of benzene rings is 1. The highest BCUT2D eigenvalue weighted by Gasteiger charge is 2.30. The van der Waals surface area contributed by atoms with E-state index in [0.717, 1.165) is 23.2 Å². The Labute approximate surface area is 166 Å². The SMILES string of the molecule is CC(=O)c1ccc(CN(C(=O)N2CCS(=O)(=O)CC2)c2ccc(F)cn2)c(F)c1. The van der Waals surface area contributed by atoms with Crippen molar-refractivity contribution in [2.24, 2.45) is 0 Å². The minimum absolute atomic E-state index is 0.00458. The molecule has 2 amide bonds. The van der Waals surface area contributed by atoms with E-state index in [1.165, 1.54) is 30.0 Å². The molecular formula is C19H19F2N3O4S. The lowest BCUT2D eigenvalue weighted by atomic mass is 10.1. The summed E-state index contributed by atoms with van der Waals surface area (Å²) in [6.45, 7) is 1.11. The van der Waals surface area contributed by atoms with E-state index in [-0.39, 0.29) is 53.9 Å². The summed E-state index contributed by atoms with van der Waals surface area (Å²) in [5.41, 5.74) is 0.337. The molecule has 0 saturated carbocycles. The number of urea groups is 1. The molecule has 2 aromatic rings. The highest BCUT2D eigenvalue weighted by Crippen LogP contribution is 2.21. The molecule has 0 atom stereocenters. The van der Waals surface area contributed by atoms with Gasteiger partial charge in [-0.2, -0.15) is 0 Å². The zero-order valence-corrected chi connectivity index (χ0v) is 16.5. The zero-order chi connectivity index (χ0) is 21.2. The summed E-state index contributed by atoms with van der Waals surface area (Å²) in [6, 6.07) is 5.79. The van der Waals surface area contributed by atoms with Gasteiger partial charge in [0.2, 0.25) is 0 Å². The first-order valence-electron chi connectivity index (χ1n) is 8.84. The van der Waals surface area contributed by atoms with Crippen molar-refractivity contribution in [1.29, 1.82) is 0 Å². The summed E-state index contributed by atoms with van der Waals surface area (Å²) < 4.78 is 51.0. The highest BCUT2D eigenvalue weighted by atomic mass is 32.2. The van der Waals surface area contributed by atoms with Gasteiger partial charge in [0.05, 0.1) is 24.2 Å². The number of halogens is 2. The number of aromatic nitrogens is 1. The van der Waals surface area contributed by atoms with Crippen LogP contribution in [0.4, 0.5) is 19.4 Å². The molecule has 0 spiro atoms. The third kappa shape index (κ3) is 4.94. The number of ketones is 1. The lowest BCUT2D eigenvalue weighted by Gasteiger charge is -2.32. The Morgan fingerprint density at radius 3 is 2.38 bits per heavy atom. The van der Waals surface area contributed by atoms with Crippen LogP contribution < -0.4 is 4.90 Å². The molecule has 2 heterocycles. The topological polar surface area (TPSA) is 87.7 Å². The van der Waals surface area contributed by atoms with Gasteiger partial charge in [-0.15, -0.1) is 0 Å². The molecule has 1 aromatic heterocycles. The number of pyridine rings is 1. The van der Waals surface area contributed by atoms with Gasteiger partial charge in [-0.25, -0.2) is 27.0 Å². The Morgan fingerprint density at radius 1 is 1.14 bits per heavy atom. The van der Waals surface area contributed by atoms with Crippen LogP contribution in [0.1, 0.15) is 22.8 Å². The second kappa shape index (κ2) is 8.24. The fraction of sp³-hybridized carbons (Fsp3) is 0.316. The standard InChI is InChI=1S/C19H19F2N3O4S/c1-13(25)14-2-3-15(17(21)10-14)12-24(18-5-4-16(20)11-22-18)19(26)23-6-8-29(27,28)9-7-23/h2-5,10-11H,6-9,12H2,1H3. The maximum atomic E-state index is 14.5. The lowest BCUT2D eigenvalue weighted by molar-refractivity contribution is 0.101. The zero-order valence-electron chi connectivity index (χ0n) is 15.6. The van der Waals surface area contributed by atoms with Gasteiger partial charge in [0.25, 0.3) is 0 Å². The molecule has 1 fully saturated rings. The van der Waals surface area contributed by atoms with Crippen LogP contribution in [0.15, 0.2) is 36.5 Å². The quantitative estimate of drug-likeness (QED) is 0.705. The molecule has 1 saturated heterocycles. The van der Waals surface area contributed by atoms with Gasteiger partial charge in [-0.05, 0) is 25.1 Å². The van der Waals surface area contributed by atoms with Gasteiger partial charge in [-0.1, -0.05) is 12.1 Å². The van der Waals surface area contributed by atoms with Crippen LogP contribution in [0.25, 0.3) is 0 Å². The molecular weight excluding hydrogens is 404 g/mol. The van der Waals surface area contributed by atoms with Crippen LogP contribution in [0.5, 0.6) is 0 Å². The number of amides is 2. The van der Waals surface area contributed by atoms with Gasteiger partial charge in [-0.3, -0.25) is 9.69 Å². The van der Waals surface area contributed by atoms with E-state index < -0.39 is 27.5 Å². The largest absolute Gasteiger partial charge is 0.326 e. The summed E-state index contributed by atoms with van der Waals surface area (Å²) in [7, 11) is -3.19. The van der Waals surface area contributed by atoms with E-state index in [1.54, 1.807) is 0 Å². The average Bonchev–Trinajstić information content (AvgIpc) is 2.67. The van der Waals surface area contributed by atoms with Crippen LogP contribution in [0.2, 0.25) is 0 Å². The number of hydrogen-bond donors (Lipinski definition) is 0. The van der Waals surface area contributed by atoms with Crippen LogP contribution in [-0.2, 0) is 16.4 Å². The Kier molecular flexibility index (Phi) is 5.92. The summed E-state index contributed by atoms with van der Waals surface area (Å²) in [4.78, 5) is 30.9. The lowest BCUT2D eigenvalue weighted by Crippen LogP contribution is -2.50. The van der Waals surface area contributed by atoms with Gasteiger partial charge in [0.15, 0.2) is 15.6 Å². The Bertz CT molecular complexity index is 1030. The van der Waals surface area contributed by atoms with Crippen molar-refractivity contribution in [2.45, 2.75) is 13.5 Å². The van der Waals surface area contributed by atoms with Gasteiger partial charge >= 0.3 is 6.03 Å². The number of hydrogen-bond acceptors (Lipinski definition) is 5. The van der Waals surface area contributed by atoms with Gasteiger partial charge in [0, 0.05) is 24.2 Å². The van der Waals surface area contributed by atoms with Crippen molar-refractivity contribution in [3.63, 3.8) is 0 Å². The second-order valence-corrected chi connectivity index (χ2v) is 9.01. The molecule has 0 unspecified atom stereocenters. The van der Waals surface area contributed by atoms with E-state index in [2.05, 4.69) is 4.98 Å². The minimum atomic E-state index is -3.19. The fourth-order valence-electron chi connectivity index (χ4n) is 2.91. The number of sulfone groups is 1. The molecule has 1 aromatic carbocycles. The first kappa shape index (κ1) is 20.8. The Balaban J connectivity index is 1.90. The predicted octanol–water partition coefficient (Wildman–Crippen LogP) is 2.42. The van der Waals surface area contributed by atoms with Crippen LogP contribution in [-0.4, -0.2) is 54.7 Å². The van der Waals surface area contributed by atoms with Crippen molar-refractivity contribution in [3.8, 4) is 0 Å². The van der Waals surface area contributed by atoms with Crippen molar-refractivity contribution >= 4 is 27.5 Å². The molecule has 3 rings (SSSR count). The molecule has 0 radical (unpaired) electrons. The highest BCUT2D eigenvalue weighted by molar-refractivity contribution is 7.91. The Morgan fingerprint density at radius 2 is 1.83 bits per heavy atom. The summed E-state index contributed by atoms with van der Waals surface area (Å²) >= 11 is 0. The third-order valence-corrected chi connectivity index (χ3v) is 6.23. The van der Waals surface area contributed by atoms with E-state index in [9.17, 15) is 26.8 Å². The smallest absolute Gasteiger partial charge is 0.322 e. The molecule has 1 aliphatic rings. The molecule has 0 bridgehead atoms. The molecule has 7 nitrogen and oxygen atoms in total. The molecule has 0 aliphatic carbocycles. The fourth-order valence-corrected chi connectivity index (χ4v) is 4.11. The molecule has 29 heavy (non-hydrogen) atoms. The van der Waals surface area contributed by atoms with Crippen molar-refractivity contribution in [2.75, 3.05) is 29.5 Å². The number of Topliss-reactive ketones (excluding diaryl/α,β-unsaturated/α-hetero) is 1. The van der Waals surface area contributed by atoms with Crippen molar-refractivity contribution in [3.05, 3.63) is 59.3 Å². The first-order valence-corrected chi connectivity index (χ1v) is 10.7. The van der Waals surface area contributed by atoms with E-state index in [4.69, 9.17) is 0 Å². The number of carbonyl (C=O) groups excluding carboxylic acids is 2. The van der Waals surface area contributed by atoms with Gasteiger partial charge in [0.1, 0.15) is 17.5 Å². The summed E-state index contributed by atoms with van der Waals surface area (Å²) in [5.74, 6) is -1.78. The molecule has 10 heteroatoms. The molecule has 0 N–H and O–H groups in total. The average molecular weight is 423 g/mol. The normalized spacial score (nSPS) is 15.8. The monoisotopic (exact) mass is 423 g/mol. The van der Waals surface area contributed by atoms with E-state index in [1.807, 2.05) is 0 Å². The van der Waals surface area contributed by atoms with Crippen LogP contribution in [0, 0.1) is 11.6 Å². The van der Waals surface area contributed by atoms with E-state index in [0.29, 0.717) is 0 Å². The molecule has 154 valence electrons. The third-order valence-electron chi connectivity index (χ3n) is 4.62. The summed E-state index contributed by atoms with van der Waals surface area (Å²) in [5, 5.41) is 0. The van der Waals surface area contributed by atoms with Crippen LogP contribution >= 0.6 is 0 Å². The number of carbonyl (C=O) groups is 2. The number of nitrogens with zero attached hydrogens (tertiary/aromatic N) is 3. The van der Waals surface area contributed by atoms with E-state index >= 15 is 0 Å². The summed E-state index contributed by atoms with van der Waals surface area (Å²) in [6.07, 6.45) is 0.936. The number of rotatable bonds is 4. The maximum absolute atomic E-state index is 14.5. The predicted molar refractivity (Wildman–Crippen MR) is 102 cm³/mol. The molecule has 1 aliphatic heterocycles. The minimum Gasteiger partial charge on any atom is -0.322 e. The second-order valence-electron chi connectivity index (χ2n) is 6.70.